The number of nitrogens with zero attached hydrogens (tertiary/aromatic N) is 2. The molecule has 0 aromatic heterocycles. The van der Waals surface area contributed by atoms with Crippen molar-refractivity contribution in [2.75, 3.05) is 25.1 Å². The van der Waals surface area contributed by atoms with Crippen molar-refractivity contribution < 1.29 is 31.9 Å². The molecule has 4 rings (SSSR count). The molecular weight excluding hydrogens is 609 g/mol. The van der Waals surface area contributed by atoms with Gasteiger partial charge in [-0.25, -0.2) is 12.8 Å². The zero-order chi connectivity index (χ0) is 31.9. The maximum atomic E-state index is 14.8. The minimum Gasteiger partial charge on any atom is -0.493 e. The molecule has 2 amide bonds. The average molecular weight is 646 g/mol. The number of methoxy groups -OCH3 is 2. The van der Waals surface area contributed by atoms with Crippen LogP contribution in [0.3, 0.4) is 0 Å². The molecule has 1 N–H and O–H groups in total. The Morgan fingerprint density at radius 2 is 1.64 bits per heavy atom. The van der Waals surface area contributed by atoms with Crippen LogP contribution in [0, 0.1) is 5.82 Å². The Kier molecular flexibility index (Phi) is 11.1. The summed E-state index contributed by atoms with van der Waals surface area (Å²) in [6.45, 7) is 0.649. The lowest BCUT2D eigenvalue weighted by molar-refractivity contribution is -0.139. The Morgan fingerprint density at radius 3 is 2.27 bits per heavy atom. The van der Waals surface area contributed by atoms with Crippen LogP contribution in [0.25, 0.3) is 0 Å². The topological polar surface area (TPSA) is 105 Å². The third-order valence-electron chi connectivity index (χ3n) is 7.75. The van der Waals surface area contributed by atoms with Gasteiger partial charge in [0.25, 0.3) is 10.0 Å². The summed E-state index contributed by atoms with van der Waals surface area (Å²) in [5, 5.41) is 3.40. The van der Waals surface area contributed by atoms with Crippen LogP contribution < -0.4 is 19.1 Å². The predicted molar refractivity (Wildman–Crippen MR) is 167 cm³/mol. The van der Waals surface area contributed by atoms with E-state index in [0.717, 1.165) is 36.4 Å². The molecule has 0 radical (unpaired) electrons. The molecule has 0 heterocycles. The number of sulfonamides is 1. The fourth-order valence-corrected chi connectivity index (χ4v) is 6.76. The standard InChI is InChI=1S/C32H37ClFN3O6S/c1-22(32(39)35-25-10-5-4-6-11-25)36(20-23-9-7-8-12-28(23)34)31(38)21-37(26-15-13-24(33)14-16-26)44(40,41)27-17-18-29(42-2)30(19-27)43-3/h7-9,12-19,22,25H,4-6,10-11,20-21H2,1-3H3,(H,35,39)/t22-/m0/s1. The highest BCUT2D eigenvalue weighted by Gasteiger charge is 2.34. The van der Waals surface area contributed by atoms with E-state index in [-0.39, 0.29) is 40.4 Å². The largest absolute Gasteiger partial charge is 0.493 e. The molecular formula is C32H37ClFN3O6S. The van der Waals surface area contributed by atoms with Gasteiger partial charge in [-0.1, -0.05) is 49.1 Å². The molecule has 9 nitrogen and oxygen atoms in total. The minimum absolute atomic E-state index is 0.0138. The molecule has 3 aromatic rings. The number of carbonyl (C=O) groups is 2. The molecule has 0 bridgehead atoms. The van der Waals surface area contributed by atoms with Crippen molar-refractivity contribution in [2.24, 2.45) is 0 Å². The highest BCUT2D eigenvalue weighted by atomic mass is 35.5. The molecule has 0 unspecified atom stereocenters. The van der Waals surface area contributed by atoms with Crippen LogP contribution in [-0.4, -0.2) is 58.0 Å². The van der Waals surface area contributed by atoms with Gasteiger partial charge in [-0.05, 0) is 62.2 Å². The zero-order valence-corrected chi connectivity index (χ0v) is 26.5. The van der Waals surface area contributed by atoms with Crippen molar-refractivity contribution in [1.82, 2.24) is 10.2 Å². The molecule has 0 spiro atoms. The summed E-state index contributed by atoms with van der Waals surface area (Å²) in [5.41, 5.74) is 0.363. The Morgan fingerprint density at radius 1 is 0.977 bits per heavy atom. The number of benzene rings is 3. The Bertz CT molecular complexity index is 1560. The lowest BCUT2D eigenvalue weighted by Crippen LogP contribution is -2.53. The molecule has 1 fully saturated rings. The first kappa shape index (κ1) is 33.1. The summed E-state index contributed by atoms with van der Waals surface area (Å²) in [7, 11) is -1.56. The van der Waals surface area contributed by atoms with E-state index in [1.807, 2.05) is 0 Å². The summed E-state index contributed by atoms with van der Waals surface area (Å²) in [6.07, 6.45) is 4.79. The number of ether oxygens (including phenoxy) is 2. The lowest BCUT2D eigenvalue weighted by atomic mass is 9.95. The first-order valence-electron chi connectivity index (χ1n) is 14.4. The highest BCUT2D eigenvalue weighted by molar-refractivity contribution is 7.92. The average Bonchev–Trinajstić information content (AvgIpc) is 3.03. The van der Waals surface area contributed by atoms with Gasteiger partial charge in [-0.2, -0.15) is 0 Å². The van der Waals surface area contributed by atoms with Gasteiger partial charge in [0, 0.05) is 29.2 Å². The van der Waals surface area contributed by atoms with Crippen molar-refractivity contribution in [2.45, 2.75) is 62.6 Å². The van der Waals surface area contributed by atoms with E-state index in [1.165, 1.54) is 79.8 Å². The number of anilines is 1. The van der Waals surface area contributed by atoms with Crippen LogP contribution in [0.15, 0.2) is 71.6 Å². The van der Waals surface area contributed by atoms with E-state index < -0.39 is 34.3 Å². The van der Waals surface area contributed by atoms with E-state index in [1.54, 1.807) is 13.0 Å². The third-order valence-corrected chi connectivity index (χ3v) is 9.78. The Balaban J connectivity index is 1.71. The van der Waals surface area contributed by atoms with Crippen molar-refractivity contribution >= 4 is 39.1 Å². The van der Waals surface area contributed by atoms with Crippen LogP contribution in [-0.2, 0) is 26.2 Å². The number of hydrogen-bond donors (Lipinski definition) is 1. The number of rotatable bonds is 12. The van der Waals surface area contributed by atoms with E-state index >= 15 is 0 Å². The molecule has 1 atom stereocenters. The molecule has 1 saturated carbocycles. The van der Waals surface area contributed by atoms with Gasteiger partial charge >= 0.3 is 0 Å². The number of hydrogen-bond acceptors (Lipinski definition) is 6. The lowest BCUT2D eigenvalue weighted by Gasteiger charge is -2.33. The molecule has 236 valence electrons. The predicted octanol–water partition coefficient (Wildman–Crippen LogP) is 5.56. The number of halogens is 2. The van der Waals surface area contributed by atoms with Gasteiger partial charge in [0.1, 0.15) is 18.4 Å². The monoisotopic (exact) mass is 645 g/mol. The first-order valence-corrected chi connectivity index (χ1v) is 16.2. The highest BCUT2D eigenvalue weighted by Crippen LogP contribution is 2.33. The van der Waals surface area contributed by atoms with E-state index in [2.05, 4.69) is 5.32 Å². The van der Waals surface area contributed by atoms with Crippen LogP contribution in [0.1, 0.15) is 44.6 Å². The number of nitrogens with one attached hydrogen (secondary N) is 1. The zero-order valence-electron chi connectivity index (χ0n) is 25.0. The van der Waals surface area contributed by atoms with Crippen LogP contribution in [0.5, 0.6) is 11.5 Å². The van der Waals surface area contributed by atoms with E-state index in [4.69, 9.17) is 21.1 Å². The summed E-state index contributed by atoms with van der Waals surface area (Å²) in [6, 6.07) is 15.0. The smallest absolute Gasteiger partial charge is 0.264 e. The van der Waals surface area contributed by atoms with Crippen molar-refractivity contribution in [3.63, 3.8) is 0 Å². The molecule has 0 saturated heterocycles. The first-order chi connectivity index (χ1) is 21.0. The van der Waals surface area contributed by atoms with Gasteiger partial charge in [-0.15, -0.1) is 0 Å². The SMILES string of the molecule is COc1ccc(S(=O)(=O)N(CC(=O)N(Cc2ccccc2F)[C@@H](C)C(=O)NC2CCCCC2)c2ccc(Cl)cc2)cc1OC. The van der Waals surface area contributed by atoms with Gasteiger partial charge < -0.3 is 19.7 Å². The normalized spacial score (nSPS) is 14.4. The fourth-order valence-electron chi connectivity index (χ4n) is 5.20. The second kappa shape index (κ2) is 14.8. The van der Waals surface area contributed by atoms with Crippen molar-refractivity contribution in [1.29, 1.82) is 0 Å². The molecule has 1 aliphatic rings. The van der Waals surface area contributed by atoms with Gasteiger partial charge in [-0.3, -0.25) is 13.9 Å². The van der Waals surface area contributed by atoms with Gasteiger partial charge in [0.2, 0.25) is 11.8 Å². The number of amides is 2. The quantitative estimate of drug-likeness (QED) is 0.277. The second-order valence-electron chi connectivity index (χ2n) is 10.6. The summed E-state index contributed by atoms with van der Waals surface area (Å²) in [5.74, 6) is -1.11. The second-order valence-corrected chi connectivity index (χ2v) is 12.9. The molecule has 0 aliphatic heterocycles. The minimum atomic E-state index is -4.37. The van der Waals surface area contributed by atoms with Crippen LogP contribution in [0.2, 0.25) is 5.02 Å². The molecule has 44 heavy (non-hydrogen) atoms. The van der Waals surface area contributed by atoms with Gasteiger partial charge in [0.15, 0.2) is 11.5 Å². The molecule has 3 aromatic carbocycles. The van der Waals surface area contributed by atoms with E-state index in [0.29, 0.717) is 10.8 Å². The summed E-state index contributed by atoms with van der Waals surface area (Å²) < 4.78 is 54.5. The third kappa shape index (κ3) is 7.81. The molecule has 12 heteroatoms. The Labute approximate surface area is 262 Å². The summed E-state index contributed by atoms with van der Waals surface area (Å²) >= 11 is 6.08. The Hall–Kier alpha value is -3.83. The van der Waals surface area contributed by atoms with E-state index in [9.17, 15) is 22.4 Å². The van der Waals surface area contributed by atoms with Crippen LogP contribution in [0.4, 0.5) is 10.1 Å². The fraction of sp³-hybridized carbons (Fsp3) is 0.375. The number of carbonyl (C=O) groups excluding carboxylic acids is 2. The summed E-state index contributed by atoms with van der Waals surface area (Å²) in [4.78, 5) is 28.6. The van der Waals surface area contributed by atoms with Crippen molar-refractivity contribution in [3.05, 3.63) is 83.1 Å². The van der Waals surface area contributed by atoms with Gasteiger partial charge in [0.05, 0.1) is 24.8 Å². The molecule has 1 aliphatic carbocycles. The van der Waals surface area contributed by atoms with Crippen molar-refractivity contribution in [3.8, 4) is 11.5 Å². The maximum Gasteiger partial charge on any atom is 0.264 e. The maximum absolute atomic E-state index is 14.8. The van der Waals surface area contributed by atoms with Crippen LogP contribution >= 0.6 is 11.6 Å².